The lowest BCUT2D eigenvalue weighted by molar-refractivity contribution is -0.115. The summed E-state index contributed by atoms with van der Waals surface area (Å²) in [5, 5.41) is 5.83. The van der Waals surface area contributed by atoms with Gasteiger partial charge < -0.3 is 20.3 Å². The van der Waals surface area contributed by atoms with Gasteiger partial charge in [0.05, 0.1) is 12.0 Å². The normalized spacial score (nSPS) is 13.6. The van der Waals surface area contributed by atoms with Crippen LogP contribution < -0.4 is 15.5 Å². The van der Waals surface area contributed by atoms with E-state index in [0.717, 1.165) is 43.6 Å². The van der Waals surface area contributed by atoms with E-state index < -0.39 is 0 Å². The third-order valence-corrected chi connectivity index (χ3v) is 5.45. The van der Waals surface area contributed by atoms with Crippen LogP contribution in [-0.4, -0.2) is 44.7 Å². The van der Waals surface area contributed by atoms with Crippen molar-refractivity contribution in [3.05, 3.63) is 59.4 Å². The number of benzene rings is 2. The predicted molar refractivity (Wildman–Crippen MR) is 125 cm³/mol. The van der Waals surface area contributed by atoms with Crippen LogP contribution in [0.3, 0.4) is 0 Å². The molecule has 1 saturated heterocycles. The maximum atomic E-state index is 13.1. The largest absolute Gasteiger partial charge is 0.382 e. The van der Waals surface area contributed by atoms with Crippen LogP contribution in [0.4, 0.5) is 15.8 Å². The molecule has 0 spiro atoms. The molecule has 172 valence electrons. The smallest absolute Gasteiger partial charge is 0.253 e. The maximum Gasteiger partial charge on any atom is 0.253 e. The third-order valence-electron chi connectivity index (χ3n) is 5.45. The highest BCUT2D eigenvalue weighted by atomic mass is 19.1. The number of carbonyl (C=O) groups is 2. The van der Waals surface area contributed by atoms with Gasteiger partial charge in [0.15, 0.2) is 0 Å². The van der Waals surface area contributed by atoms with E-state index in [0.29, 0.717) is 31.0 Å². The van der Waals surface area contributed by atoms with E-state index in [1.807, 2.05) is 19.1 Å². The van der Waals surface area contributed by atoms with Gasteiger partial charge in [0.2, 0.25) is 5.91 Å². The van der Waals surface area contributed by atoms with E-state index in [1.54, 1.807) is 18.2 Å². The molecular formula is C25H32FN3O3. The van der Waals surface area contributed by atoms with Crippen LogP contribution in [0.1, 0.15) is 48.5 Å². The fourth-order valence-corrected chi connectivity index (χ4v) is 3.81. The summed E-state index contributed by atoms with van der Waals surface area (Å²) in [7, 11) is 0. The van der Waals surface area contributed by atoms with E-state index in [1.165, 1.54) is 18.6 Å². The molecule has 0 aliphatic carbocycles. The molecule has 3 rings (SSSR count). The number of halogens is 1. The van der Waals surface area contributed by atoms with Gasteiger partial charge in [-0.2, -0.15) is 0 Å². The van der Waals surface area contributed by atoms with E-state index in [-0.39, 0.29) is 24.1 Å². The molecule has 0 bridgehead atoms. The topological polar surface area (TPSA) is 70.7 Å². The van der Waals surface area contributed by atoms with Crippen molar-refractivity contribution in [1.82, 2.24) is 5.32 Å². The average molecular weight is 442 g/mol. The number of nitrogens with one attached hydrogen (secondary N) is 2. The van der Waals surface area contributed by atoms with Crippen LogP contribution >= 0.6 is 0 Å². The quantitative estimate of drug-likeness (QED) is 0.544. The summed E-state index contributed by atoms with van der Waals surface area (Å²) in [6.07, 6.45) is 4.28. The molecule has 7 heteroatoms. The summed E-state index contributed by atoms with van der Waals surface area (Å²) in [4.78, 5) is 27.7. The Labute approximate surface area is 189 Å². The summed E-state index contributed by atoms with van der Waals surface area (Å²) in [5.41, 5.74) is 2.74. The van der Waals surface area contributed by atoms with Gasteiger partial charge in [-0.25, -0.2) is 4.39 Å². The van der Waals surface area contributed by atoms with E-state index >= 15 is 0 Å². The van der Waals surface area contributed by atoms with Crippen LogP contribution in [-0.2, 0) is 16.0 Å². The first-order valence-electron chi connectivity index (χ1n) is 11.4. The van der Waals surface area contributed by atoms with Crippen molar-refractivity contribution in [3.8, 4) is 0 Å². The highest BCUT2D eigenvalue weighted by Crippen LogP contribution is 2.27. The molecule has 1 aliphatic rings. The van der Waals surface area contributed by atoms with Gasteiger partial charge in [0, 0.05) is 44.2 Å². The average Bonchev–Trinajstić information content (AvgIpc) is 2.81. The van der Waals surface area contributed by atoms with Crippen molar-refractivity contribution in [2.75, 3.05) is 43.1 Å². The minimum atomic E-state index is -0.334. The Balaban J connectivity index is 1.70. The minimum absolute atomic E-state index is 0.132. The van der Waals surface area contributed by atoms with E-state index in [4.69, 9.17) is 4.74 Å². The van der Waals surface area contributed by atoms with E-state index in [2.05, 4.69) is 15.5 Å². The molecule has 0 unspecified atom stereocenters. The summed E-state index contributed by atoms with van der Waals surface area (Å²) in [6, 6.07) is 11.3. The Hall–Kier alpha value is -2.93. The van der Waals surface area contributed by atoms with Gasteiger partial charge in [-0.1, -0.05) is 12.1 Å². The standard InChI is InChI=1S/C25H32FN3O3/c1-2-32-16-6-13-27-25(31)22-18-21(11-12-23(22)29-14-4-3-5-15-29)28-24(30)17-19-7-9-20(26)10-8-19/h7-12,18H,2-6,13-17H2,1H3,(H,27,31)(H,28,30). The Kier molecular flexibility index (Phi) is 9.04. The summed E-state index contributed by atoms with van der Waals surface area (Å²) >= 11 is 0. The maximum absolute atomic E-state index is 13.1. The third kappa shape index (κ3) is 7.05. The Bertz CT molecular complexity index is 896. The second-order valence-corrected chi connectivity index (χ2v) is 7.94. The zero-order chi connectivity index (χ0) is 22.8. The van der Waals surface area contributed by atoms with Crippen molar-refractivity contribution >= 4 is 23.2 Å². The molecule has 0 saturated carbocycles. The van der Waals surface area contributed by atoms with Crippen LogP contribution in [0.5, 0.6) is 0 Å². The molecule has 1 heterocycles. The SMILES string of the molecule is CCOCCCNC(=O)c1cc(NC(=O)Cc2ccc(F)cc2)ccc1N1CCCCC1. The molecule has 2 N–H and O–H groups in total. The second kappa shape index (κ2) is 12.2. The fourth-order valence-electron chi connectivity index (χ4n) is 3.81. The first-order chi connectivity index (χ1) is 15.6. The lowest BCUT2D eigenvalue weighted by atomic mass is 10.1. The number of anilines is 2. The lowest BCUT2D eigenvalue weighted by Crippen LogP contribution is -2.33. The van der Waals surface area contributed by atoms with Crippen LogP contribution in [0.15, 0.2) is 42.5 Å². The number of hydrogen-bond acceptors (Lipinski definition) is 4. The number of nitrogens with zero attached hydrogens (tertiary/aromatic N) is 1. The summed E-state index contributed by atoms with van der Waals surface area (Å²) < 4.78 is 18.4. The Morgan fingerprint density at radius 3 is 2.53 bits per heavy atom. The Morgan fingerprint density at radius 1 is 1.06 bits per heavy atom. The lowest BCUT2D eigenvalue weighted by Gasteiger charge is -2.30. The van der Waals surface area contributed by atoms with Crippen LogP contribution in [0.2, 0.25) is 0 Å². The molecular weight excluding hydrogens is 409 g/mol. The van der Waals surface area contributed by atoms with Crippen LogP contribution in [0.25, 0.3) is 0 Å². The highest BCUT2D eigenvalue weighted by Gasteiger charge is 2.19. The molecule has 2 aromatic carbocycles. The minimum Gasteiger partial charge on any atom is -0.382 e. The number of amides is 2. The molecule has 0 radical (unpaired) electrons. The number of piperidine rings is 1. The van der Waals surface area contributed by atoms with Crippen molar-refractivity contribution in [3.63, 3.8) is 0 Å². The zero-order valence-electron chi connectivity index (χ0n) is 18.7. The van der Waals surface area contributed by atoms with Gasteiger partial charge in [0.1, 0.15) is 5.82 Å². The van der Waals surface area contributed by atoms with Crippen molar-refractivity contribution in [2.24, 2.45) is 0 Å². The molecule has 1 aliphatic heterocycles. The first kappa shape index (κ1) is 23.7. The second-order valence-electron chi connectivity index (χ2n) is 7.94. The molecule has 0 atom stereocenters. The molecule has 32 heavy (non-hydrogen) atoms. The molecule has 1 fully saturated rings. The summed E-state index contributed by atoms with van der Waals surface area (Å²) in [6.45, 7) is 5.57. The van der Waals surface area contributed by atoms with Gasteiger partial charge in [-0.15, -0.1) is 0 Å². The van der Waals surface area contributed by atoms with Crippen molar-refractivity contribution in [1.29, 1.82) is 0 Å². The number of ether oxygens (including phenoxy) is 1. The predicted octanol–water partition coefficient (Wildman–Crippen LogP) is 4.15. The molecule has 2 amide bonds. The molecule has 2 aromatic rings. The highest BCUT2D eigenvalue weighted by molar-refractivity contribution is 6.02. The monoisotopic (exact) mass is 441 g/mol. The Morgan fingerprint density at radius 2 is 1.81 bits per heavy atom. The van der Waals surface area contributed by atoms with Gasteiger partial charge >= 0.3 is 0 Å². The fraction of sp³-hybridized carbons (Fsp3) is 0.440. The van der Waals surface area contributed by atoms with Gasteiger partial charge in [0.25, 0.3) is 5.91 Å². The van der Waals surface area contributed by atoms with Crippen molar-refractivity contribution < 1.29 is 18.7 Å². The van der Waals surface area contributed by atoms with Crippen molar-refractivity contribution in [2.45, 2.75) is 39.0 Å². The summed E-state index contributed by atoms with van der Waals surface area (Å²) in [5.74, 6) is -0.707. The first-order valence-corrected chi connectivity index (χ1v) is 11.4. The van der Waals surface area contributed by atoms with Gasteiger partial charge in [-0.3, -0.25) is 9.59 Å². The molecule has 6 nitrogen and oxygen atoms in total. The van der Waals surface area contributed by atoms with Crippen LogP contribution in [0, 0.1) is 5.82 Å². The zero-order valence-corrected chi connectivity index (χ0v) is 18.7. The number of carbonyl (C=O) groups excluding carboxylic acids is 2. The number of rotatable bonds is 10. The molecule has 0 aromatic heterocycles. The van der Waals surface area contributed by atoms with Gasteiger partial charge in [-0.05, 0) is 68.5 Å². The number of hydrogen-bond donors (Lipinski definition) is 2. The van der Waals surface area contributed by atoms with E-state index in [9.17, 15) is 14.0 Å².